The van der Waals surface area contributed by atoms with E-state index >= 15 is 0 Å². The molecule has 2 unspecified atom stereocenters. The van der Waals surface area contributed by atoms with Gasteiger partial charge in [-0.05, 0) is 19.3 Å². The summed E-state index contributed by atoms with van der Waals surface area (Å²) in [6, 6.07) is 0. The lowest BCUT2D eigenvalue weighted by Crippen LogP contribution is -2.70. The Morgan fingerprint density at radius 2 is 1.38 bits per heavy atom. The second-order valence-corrected chi connectivity index (χ2v) is 14.7. The molecule has 2 rings (SSSR count). The Morgan fingerprint density at radius 1 is 0.860 bits per heavy atom. The number of aliphatic hydroxyl groups is 5. The van der Waals surface area contributed by atoms with Crippen LogP contribution < -0.4 is 11.2 Å². The molecule has 0 aromatic carbocycles. The highest BCUT2D eigenvalue weighted by Crippen LogP contribution is 2.42. The van der Waals surface area contributed by atoms with Crippen molar-refractivity contribution >= 4 is 7.60 Å². The maximum Gasteiger partial charge on any atom is 0.386 e. The number of hydrogen-bond donors (Lipinski definition) is 7. The third-order valence-corrected chi connectivity index (χ3v) is 9.72. The smallest absolute Gasteiger partial charge is 0.386 e. The molecular formula is C33H60FN2O13P. The van der Waals surface area contributed by atoms with E-state index < -0.39 is 74.6 Å². The van der Waals surface area contributed by atoms with Crippen LogP contribution in [0.15, 0.2) is 15.8 Å². The van der Waals surface area contributed by atoms with Crippen molar-refractivity contribution in [2.24, 2.45) is 0 Å². The van der Waals surface area contributed by atoms with Gasteiger partial charge >= 0.3 is 19.4 Å². The van der Waals surface area contributed by atoms with Crippen LogP contribution in [0, 0.1) is 0 Å². The van der Waals surface area contributed by atoms with Gasteiger partial charge in [-0.15, -0.1) is 0 Å². The molecule has 292 valence electrons. The zero-order valence-corrected chi connectivity index (χ0v) is 30.4. The molecule has 1 fully saturated rings. The van der Waals surface area contributed by atoms with Gasteiger partial charge < -0.3 is 49.5 Å². The van der Waals surface area contributed by atoms with Crippen LogP contribution in [0.1, 0.15) is 128 Å². The summed E-state index contributed by atoms with van der Waals surface area (Å²) in [6.07, 6.45) is 5.91. The number of rotatable bonds is 26. The Kier molecular flexibility index (Phi) is 20.1. The van der Waals surface area contributed by atoms with Gasteiger partial charge in [-0.25, -0.2) is 13.8 Å². The molecule has 17 heteroatoms. The minimum atomic E-state index is -5.17. The van der Waals surface area contributed by atoms with Crippen LogP contribution in [0.2, 0.25) is 0 Å². The summed E-state index contributed by atoms with van der Waals surface area (Å²) in [6.45, 7) is 2.44. The molecule has 0 saturated carbocycles. The summed E-state index contributed by atoms with van der Waals surface area (Å²) in [4.78, 5) is 45.2. The van der Waals surface area contributed by atoms with E-state index in [1.54, 1.807) is 6.92 Å². The fourth-order valence-corrected chi connectivity index (χ4v) is 6.37. The normalized spacial score (nSPS) is 24.0. The number of hydrogen-bond acceptors (Lipinski definition) is 11. The molecule has 1 aliphatic rings. The second kappa shape index (κ2) is 22.5. The van der Waals surface area contributed by atoms with Crippen molar-refractivity contribution in [2.45, 2.75) is 166 Å². The van der Waals surface area contributed by atoms with E-state index in [-0.39, 0.29) is 36.1 Å². The van der Waals surface area contributed by atoms with E-state index in [9.17, 15) is 44.1 Å². The Labute approximate surface area is 293 Å². The van der Waals surface area contributed by atoms with Gasteiger partial charge in [0, 0.05) is 19.3 Å². The lowest BCUT2D eigenvalue weighted by atomic mass is 9.96. The first kappa shape index (κ1) is 44.6. The first-order valence-corrected chi connectivity index (χ1v) is 19.8. The van der Waals surface area contributed by atoms with Gasteiger partial charge in [0.2, 0.25) is 0 Å². The molecule has 0 aliphatic carbocycles. The summed E-state index contributed by atoms with van der Waals surface area (Å²) in [5.41, 5.74) is -2.49. The largest absolute Gasteiger partial charge is 0.394 e. The van der Waals surface area contributed by atoms with Crippen LogP contribution in [-0.2, 0) is 31.2 Å². The van der Waals surface area contributed by atoms with Crippen molar-refractivity contribution < 1.29 is 58.5 Å². The summed E-state index contributed by atoms with van der Waals surface area (Å²) >= 11 is 0. The average Bonchev–Trinajstić information content (AvgIpc) is 3.08. The predicted molar refractivity (Wildman–Crippen MR) is 182 cm³/mol. The van der Waals surface area contributed by atoms with Crippen LogP contribution >= 0.6 is 7.60 Å². The quantitative estimate of drug-likeness (QED) is 0.0536. The molecule has 0 amide bonds. The van der Waals surface area contributed by atoms with Crippen molar-refractivity contribution in [3.05, 3.63) is 32.6 Å². The average molecular weight is 743 g/mol. The Hall–Kier alpha value is -1.56. The van der Waals surface area contributed by atoms with Gasteiger partial charge in [0.15, 0.2) is 6.10 Å². The molecule has 2 heterocycles. The van der Waals surface area contributed by atoms with Crippen molar-refractivity contribution in [1.29, 1.82) is 0 Å². The third-order valence-electron chi connectivity index (χ3n) is 9.04. The molecule has 7 N–H and O–H groups in total. The van der Waals surface area contributed by atoms with Crippen molar-refractivity contribution in [3.63, 3.8) is 0 Å². The van der Waals surface area contributed by atoms with Gasteiger partial charge in [-0.2, -0.15) is 0 Å². The number of alkyl halides is 1. The SMILES string of the molecule is CCCCCCCCCCCCCCCCOC(CC)c1cn(CCCOC(F)P(=O)(O)O)c(=O)n([C@]2(O)O[C@H](CO)[C@H](O)[C@H](O)[C@H]2O)c1=O. The fraction of sp³-hybridized carbons (Fsp3) is 0.879. The van der Waals surface area contributed by atoms with Gasteiger partial charge in [-0.1, -0.05) is 97.3 Å². The maximum atomic E-state index is 13.8. The number of aliphatic hydroxyl groups excluding tert-OH is 4. The molecule has 0 bridgehead atoms. The molecule has 0 spiro atoms. The van der Waals surface area contributed by atoms with E-state index in [1.807, 2.05) is 0 Å². The van der Waals surface area contributed by atoms with Gasteiger partial charge in [-0.3, -0.25) is 13.9 Å². The topological polar surface area (TPSA) is 230 Å². The lowest BCUT2D eigenvalue weighted by Gasteiger charge is -2.45. The number of halogens is 1. The molecule has 1 saturated heterocycles. The van der Waals surface area contributed by atoms with Crippen LogP contribution in [0.25, 0.3) is 0 Å². The Balaban J connectivity index is 2.11. The highest BCUT2D eigenvalue weighted by atomic mass is 31.2. The van der Waals surface area contributed by atoms with Crippen LogP contribution in [0.3, 0.4) is 0 Å². The standard InChI is InChI=1S/C33H60FN2O13P/c1-3-5-6-7-8-9-10-11-12-13-14-15-16-17-20-47-25(4-2)24-22-35(19-18-21-48-31(34)50(44,45)46)32(42)36(30(24)41)33(43)29(40)28(39)27(38)26(23-37)49-33/h22,25-29,31,37-40,43H,3-21,23H2,1-2H3,(H2,44,45,46)/t25?,26-,27+,28+,29-,31?,33-/m1/s1. The van der Waals surface area contributed by atoms with E-state index in [4.69, 9.17) is 19.3 Å². The van der Waals surface area contributed by atoms with Crippen LogP contribution in [0.4, 0.5) is 4.39 Å². The maximum absolute atomic E-state index is 13.8. The minimum Gasteiger partial charge on any atom is -0.394 e. The molecule has 50 heavy (non-hydrogen) atoms. The number of unbranched alkanes of at least 4 members (excludes halogenated alkanes) is 13. The summed E-state index contributed by atoms with van der Waals surface area (Å²) < 4.78 is 41.5. The zero-order chi connectivity index (χ0) is 37.3. The van der Waals surface area contributed by atoms with Crippen molar-refractivity contribution in [3.8, 4) is 0 Å². The van der Waals surface area contributed by atoms with Gasteiger partial charge in [0.25, 0.3) is 11.5 Å². The minimum absolute atomic E-state index is 0.123. The van der Waals surface area contributed by atoms with Crippen molar-refractivity contribution in [1.82, 2.24) is 9.13 Å². The fourth-order valence-electron chi connectivity index (χ4n) is 6.07. The predicted octanol–water partition coefficient (Wildman–Crippen LogP) is 2.87. The van der Waals surface area contributed by atoms with Gasteiger partial charge in [0.1, 0.15) is 18.3 Å². The first-order valence-electron chi connectivity index (χ1n) is 18.1. The van der Waals surface area contributed by atoms with Crippen molar-refractivity contribution in [2.75, 3.05) is 19.8 Å². The van der Waals surface area contributed by atoms with Gasteiger partial charge in [0.05, 0.1) is 24.9 Å². The van der Waals surface area contributed by atoms with E-state index in [0.717, 1.165) is 23.8 Å². The van der Waals surface area contributed by atoms with E-state index in [0.29, 0.717) is 6.42 Å². The number of nitrogens with zero attached hydrogens (tertiary/aromatic N) is 2. The molecule has 1 aliphatic heterocycles. The summed E-state index contributed by atoms with van der Waals surface area (Å²) in [5, 5.41) is 52.3. The monoisotopic (exact) mass is 742 g/mol. The van der Waals surface area contributed by atoms with Crippen LogP contribution in [0.5, 0.6) is 0 Å². The molecule has 15 nitrogen and oxygen atoms in total. The summed E-state index contributed by atoms with van der Waals surface area (Å²) in [5.74, 6) is -3.23. The highest BCUT2D eigenvalue weighted by molar-refractivity contribution is 7.52. The number of aryl methyl sites for hydroxylation is 1. The van der Waals surface area contributed by atoms with Crippen LogP contribution in [-0.4, -0.2) is 94.8 Å². The Bertz CT molecular complexity index is 1280. The first-order chi connectivity index (χ1) is 23.7. The van der Waals surface area contributed by atoms with E-state index in [1.165, 1.54) is 70.4 Å². The number of aromatic nitrogens is 2. The highest BCUT2D eigenvalue weighted by Gasteiger charge is 2.55. The molecule has 1 aromatic heterocycles. The number of ether oxygens (including phenoxy) is 3. The lowest BCUT2D eigenvalue weighted by molar-refractivity contribution is -0.393. The molecular weight excluding hydrogens is 682 g/mol. The summed E-state index contributed by atoms with van der Waals surface area (Å²) in [7, 11) is -5.17. The van der Waals surface area contributed by atoms with E-state index in [2.05, 4.69) is 11.7 Å². The third kappa shape index (κ3) is 13.1. The molecule has 1 aromatic rings. The second-order valence-electron chi connectivity index (χ2n) is 13.1. The molecule has 7 atom stereocenters. The Morgan fingerprint density at radius 3 is 1.88 bits per heavy atom. The zero-order valence-electron chi connectivity index (χ0n) is 29.5. The molecule has 0 radical (unpaired) electrons.